The monoisotopic (exact) mass is 283 g/mol. The van der Waals surface area contributed by atoms with Gasteiger partial charge in [-0.15, -0.1) is 0 Å². The predicted molar refractivity (Wildman–Crippen MR) is 66.7 cm³/mol. The van der Waals surface area contributed by atoms with Gasteiger partial charge in [-0.25, -0.2) is 23.1 Å². The Bertz CT molecular complexity index is 609. The standard InChI is InChI=1S/C10H13N5O3S/c1-2-11-10-12-6-9(7-13-10)19(16,17)15-5-8-3-4-14-18-8/h3-4,6-7,15H,2,5H2,1H3,(H,11,12,13). The normalized spacial score (nSPS) is 11.4. The second-order valence-electron chi connectivity index (χ2n) is 3.58. The smallest absolute Gasteiger partial charge is 0.244 e. The van der Waals surface area contributed by atoms with Gasteiger partial charge in [0.25, 0.3) is 0 Å². The molecule has 0 aliphatic rings. The number of sulfonamides is 1. The maximum atomic E-state index is 11.9. The van der Waals surface area contributed by atoms with E-state index in [1.807, 2.05) is 6.92 Å². The van der Waals surface area contributed by atoms with Crippen LogP contribution in [0.25, 0.3) is 0 Å². The SMILES string of the molecule is CCNc1ncc(S(=O)(=O)NCc2ccno2)cn1. The van der Waals surface area contributed by atoms with Gasteiger partial charge in [0.05, 0.1) is 25.1 Å². The Morgan fingerprint density at radius 3 is 2.63 bits per heavy atom. The highest BCUT2D eigenvalue weighted by Crippen LogP contribution is 2.08. The summed E-state index contributed by atoms with van der Waals surface area (Å²) in [6, 6.07) is 1.58. The highest BCUT2D eigenvalue weighted by molar-refractivity contribution is 7.89. The maximum absolute atomic E-state index is 11.9. The minimum Gasteiger partial charge on any atom is -0.360 e. The first-order valence-corrected chi connectivity index (χ1v) is 7.05. The Hall–Kier alpha value is -2.00. The summed E-state index contributed by atoms with van der Waals surface area (Å²) in [7, 11) is -3.66. The van der Waals surface area contributed by atoms with Crippen LogP contribution in [0.5, 0.6) is 0 Å². The van der Waals surface area contributed by atoms with E-state index in [9.17, 15) is 8.42 Å². The van der Waals surface area contributed by atoms with Gasteiger partial charge in [-0.3, -0.25) is 0 Å². The van der Waals surface area contributed by atoms with Crippen molar-refractivity contribution in [2.24, 2.45) is 0 Å². The molecule has 19 heavy (non-hydrogen) atoms. The van der Waals surface area contributed by atoms with Crippen molar-refractivity contribution in [3.8, 4) is 0 Å². The molecule has 9 heteroatoms. The number of nitrogens with zero attached hydrogens (tertiary/aromatic N) is 3. The molecule has 0 spiro atoms. The van der Waals surface area contributed by atoms with Crippen LogP contribution in [0.15, 0.2) is 34.1 Å². The lowest BCUT2D eigenvalue weighted by atomic mass is 10.5. The number of aromatic nitrogens is 3. The lowest BCUT2D eigenvalue weighted by Gasteiger charge is -2.05. The molecular weight excluding hydrogens is 270 g/mol. The Labute approximate surface area is 110 Å². The molecule has 2 N–H and O–H groups in total. The van der Waals surface area contributed by atoms with Crippen LogP contribution in [-0.2, 0) is 16.6 Å². The van der Waals surface area contributed by atoms with E-state index in [0.29, 0.717) is 18.3 Å². The van der Waals surface area contributed by atoms with Gasteiger partial charge in [0.1, 0.15) is 4.90 Å². The summed E-state index contributed by atoms with van der Waals surface area (Å²) in [5.74, 6) is 0.811. The summed E-state index contributed by atoms with van der Waals surface area (Å²) < 4.78 is 31.0. The first kappa shape index (κ1) is 13.4. The molecule has 2 aromatic rings. The summed E-state index contributed by atoms with van der Waals surface area (Å²) in [4.78, 5) is 7.80. The fraction of sp³-hybridized carbons (Fsp3) is 0.300. The molecule has 0 unspecified atom stereocenters. The quantitative estimate of drug-likeness (QED) is 0.788. The molecule has 0 radical (unpaired) electrons. The number of hydrogen-bond acceptors (Lipinski definition) is 7. The molecule has 102 valence electrons. The van der Waals surface area contributed by atoms with Crippen LogP contribution < -0.4 is 10.0 Å². The molecule has 0 saturated heterocycles. The van der Waals surface area contributed by atoms with Crippen molar-refractivity contribution in [1.29, 1.82) is 0 Å². The molecule has 0 saturated carbocycles. The van der Waals surface area contributed by atoms with Crippen molar-refractivity contribution in [2.75, 3.05) is 11.9 Å². The lowest BCUT2D eigenvalue weighted by molar-refractivity contribution is 0.380. The summed E-state index contributed by atoms with van der Waals surface area (Å²) in [6.07, 6.45) is 3.93. The van der Waals surface area contributed by atoms with E-state index in [4.69, 9.17) is 4.52 Å². The Balaban J connectivity index is 2.06. The first-order chi connectivity index (χ1) is 9.12. The predicted octanol–water partition coefficient (Wildman–Crippen LogP) is 0.375. The number of nitrogens with one attached hydrogen (secondary N) is 2. The van der Waals surface area contributed by atoms with Crippen molar-refractivity contribution in [1.82, 2.24) is 19.8 Å². The highest BCUT2D eigenvalue weighted by Gasteiger charge is 2.15. The van der Waals surface area contributed by atoms with E-state index in [1.165, 1.54) is 18.6 Å². The average molecular weight is 283 g/mol. The average Bonchev–Trinajstić information content (AvgIpc) is 2.91. The van der Waals surface area contributed by atoms with Crippen LogP contribution in [0.2, 0.25) is 0 Å². The van der Waals surface area contributed by atoms with Crippen LogP contribution in [-0.4, -0.2) is 30.1 Å². The van der Waals surface area contributed by atoms with Gasteiger partial charge in [-0.05, 0) is 6.92 Å². The van der Waals surface area contributed by atoms with Gasteiger partial charge in [0, 0.05) is 12.6 Å². The van der Waals surface area contributed by atoms with E-state index in [2.05, 4.69) is 25.2 Å². The summed E-state index contributed by atoms with van der Waals surface area (Å²) >= 11 is 0. The molecule has 8 nitrogen and oxygen atoms in total. The van der Waals surface area contributed by atoms with Gasteiger partial charge in [-0.2, -0.15) is 0 Å². The van der Waals surface area contributed by atoms with Crippen molar-refractivity contribution < 1.29 is 12.9 Å². The lowest BCUT2D eigenvalue weighted by Crippen LogP contribution is -2.23. The molecule has 0 aromatic carbocycles. The molecule has 0 aliphatic carbocycles. The van der Waals surface area contributed by atoms with Crippen molar-refractivity contribution in [3.05, 3.63) is 30.4 Å². The maximum Gasteiger partial charge on any atom is 0.244 e. The third-order valence-electron chi connectivity index (χ3n) is 2.20. The molecule has 0 bridgehead atoms. The second kappa shape index (κ2) is 5.76. The summed E-state index contributed by atoms with van der Waals surface area (Å²) in [5, 5.41) is 6.36. The summed E-state index contributed by atoms with van der Waals surface area (Å²) in [6.45, 7) is 2.58. The zero-order valence-corrected chi connectivity index (χ0v) is 11.0. The molecule has 0 amide bonds. The van der Waals surface area contributed by atoms with Gasteiger partial charge in [0.2, 0.25) is 16.0 Å². The Morgan fingerprint density at radius 1 is 1.32 bits per heavy atom. The second-order valence-corrected chi connectivity index (χ2v) is 5.34. The van der Waals surface area contributed by atoms with Crippen LogP contribution in [0, 0.1) is 0 Å². The largest absolute Gasteiger partial charge is 0.360 e. The molecule has 0 fully saturated rings. The van der Waals surface area contributed by atoms with Crippen LogP contribution in [0.4, 0.5) is 5.95 Å². The number of anilines is 1. The number of rotatable bonds is 6. The van der Waals surface area contributed by atoms with Crippen molar-refractivity contribution in [2.45, 2.75) is 18.4 Å². The van der Waals surface area contributed by atoms with E-state index < -0.39 is 10.0 Å². The fourth-order valence-corrected chi connectivity index (χ4v) is 2.17. The van der Waals surface area contributed by atoms with E-state index in [1.54, 1.807) is 6.07 Å². The molecule has 2 rings (SSSR count). The van der Waals surface area contributed by atoms with E-state index in [0.717, 1.165) is 0 Å². The van der Waals surface area contributed by atoms with Gasteiger partial charge in [0.15, 0.2) is 5.76 Å². The van der Waals surface area contributed by atoms with Gasteiger partial charge < -0.3 is 9.84 Å². The highest BCUT2D eigenvalue weighted by atomic mass is 32.2. The van der Waals surface area contributed by atoms with Crippen molar-refractivity contribution in [3.63, 3.8) is 0 Å². The Morgan fingerprint density at radius 2 is 2.05 bits per heavy atom. The third-order valence-corrected chi connectivity index (χ3v) is 3.56. The Kier molecular flexibility index (Phi) is 4.07. The van der Waals surface area contributed by atoms with Crippen LogP contribution in [0.3, 0.4) is 0 Å². The van der Waals surface area contributed by atoms with Crippen LogP contribution >= 0.6 is 0 Å². The minimum atomic E-state index is -3.66. The molecular formula is C10H13N5O3S. The zero-order chi connectivity index (χ0) is 13.7. The van der Waals surface area contributed by atoms with Crippen LogP contribution in [0.1, 0.15) is 12.7 Å². The summed E-state index contributed by atoms with van der Waals surface area (Å²) in [5.41, 5.74) is 0. The topological polar surface area (TPSA) is 110 Å². The minimum absolute atomic E-state index is 0.00586. The third kappa shape index (κ3) is 3.48. The molecule has 2 heterocycles. The molecule has 0 aliphatic heterocycles. The van der Waals surface area contributed by atoms with Gasteiger partial charge >= 0.3 is 0 Å². The van der Waals surface area contributed by atoms with E-state index in [-0.39, 0.29) is 11.4 Å². The van der Waals surface area contributed by atoms with E-state index >= 15 is 0 Å². The number of hydrogen-bond donors (Lipinski definition) is 2. The molecule has 0 atom stereocenters. The zero-order valence-electron chi connectivity index (χ0n) is 10.2. The van der Waals surface area contributed by atoms with Gasteiger partial charge in [-0.1, -0.05) is 5.16 Å². The fourth-order valence-electron chi connectivity index (χ4n) is 1.29. The first-order valence-electron chi connectivity index (χ1n) is 5.57. The van der Waals surface area contributed by atoms with Crippen molar-refractivity contribution >= 4 is 16.0 Å². The molecule has 2 aromatic heterocycles.